The van der Waals surface area contributed by atoms with Crippen LogP contribution in [0.25, 0.3) is 0 Å². The summed E-state index contributed by atoms with van der Waals surface area (Å²) in [7, 11) is 0. The van der Waals surface area contributed by atoms with Crippen molar-refractivity contribution < 1.29 is 19.4 Å². The first-order valence-corrected chi connectivity index (χ1v) is 6.63. The molecule has 0 aliphatic carbocycles. The molecule has 0 fully saturated rings. The third-order valence-corrected chi connectivity index (χ3v) is 2.77. The number of carboxylic acid groups (broad SMARTS) is 1. The second-order valence-corrected chi connectivity index (χ2v) is 5.13. The standard InChI is InChI=1S/C15H21NO4/c1-10(2)6-7-16-14(17)9-20-13-8-11(3)4-5-12(13)15(18)19/h4-5,8,10H,6-7,9H2,1-3H3,(H,16,17)(H,18,19). The first-order valence-electron chi connectivity index (χ1n) is 6.63. The average molecular weight is 279 g/mol. The van der Waals surface area contributed by atoms with Crippen LogP contribution in [-0.2, 0) is 4.79 Å². The Kier molecular flexibility index (Phi) is 6.03. The smallest absolute Gasteiger partial charge is 0.339 e. The summed E-state index contributed by atoms with van der Waals surface area (Å²) in [6, 6.07) is 4.79. The zero-order valence-corrected chi connectivity index (χ0v) is 12.1. The summed E-state index contributed by atoms with van der Waals surface area (Å²) in [5.74, 6) is -0.577. The number of nitrogens with one attached hydrogen (secondary N) is 1. The van der Waals surface area contributed by atoms with Gasteiger partial charge >= 0.3 is 5.97 Å². The third kappa shape index (κ3) is 5.30. The molecule has 5 nitrogen and oxygen atoms in total. The van der Waals surface area contributed by atoms with E-state index in [0.717, 1.165) is 12.0 Å². The molecule has 0 unspecified atom stereocenters. The van der Waals surface area contributed by atoms with Gasteiger partial charge in [0.25, 0.3) is 5.91 Å². The van der Waals surface area contributed by atoms with Crippen molar-refractivity contribution in [3.63, 3.8) is 0 Å². The Hall–Kier alpha value is -2.04. The number of carbonyl (C=O) groups is 2. The van der Waals surface area contributed by atoms with Gasteiger partial charge in [0.15, 0.2) is 6.61 Å². The van der Waals surface area contributed by atoms with E-state index in [4.69, 9.17) is 9.84 Å². The molecule has 1 aromatic carbocycles. The van der Waals surface area contributed by atoms with Gasteiger partial charge in [0, 0.05) is 6.54 Å². The predicted octanol–water partition coefficient (Wildman–Crippen LogP) is 2.23. The lowest BCUT2D eigenvalue weighted by Gasteiger charge is -2.11. The molecule has 0 saturated carbocycles. The Labute approximate surface area is 118 Å². The maximum Gasteiger partial charge on any atom is 0.339 e. The van der Waals surface area contributed by atoms with Crippen LogP contribution in [0.1, 0.15) is 36.2 Å². The molecular weight excluding hydrogens is 258 g/mol. The molecular formula is C15H21NO4. The zero-order chi connectivity index (χ0) is 15.1. The molecule has 5 heteroatoms. The van der Waals surface area contributed by atoms with Crippen LogP contribution in [0.3, 0.4) is 0 Å². The van der Waals surface area contributed by atoms with Gasteiger partial charge in [-0.05, 0) is 37.0 Å². The van der Waals surface area contributed by atoms with Crippen molar-refractivity contribution in [1.82, 2.24) is 5.32 Å². The van der Waals surface area contributed by atoms with Crippen LogP contribution in [0.2, 0.25) is 0 Å². The molecule has 0 bridgehead atoms. The maximum atomic E-state index is 11.6. The van der Waals surface area contributed by atoms with E-state index in [9.17, 15) is 9.59 Å². The van der Waals surface area contributed by atoms with Crippen LogP contribution in [-0.4, -0.2) is 30.1 Å². The van der Waals surface area contributed by atoms with Crippen molar-refractivity contribution in [1.29, 1.82) is 0 Å². The number of ether oxygens (including phenoxy) is 1. The van der Waals surface area contributed by atoms with E-state index in [-0.39, 0.29) is 23.8 Å². The normalized spacial score (nSPS) is 10.4. The summed E-state index contributed by atoms with van der Waals surface area (Å²) in [5.41, 5.74) is 0.941. The predicted molar refractivity (Wildman–Crippen MR) is 76.1 cm³/mol. The van der Waals surface area contributed by atoms with Crippen molar-refractivity contribution >= 4 is 11.9 Å². The lowest BCUT2D eigenvalue weighted by molar-refractivity contribution is -0.123. The molecule has 2 N–H and O–H groups in total. The molecule has 1 rings (SSSR count). The van der Waals surface area contributed by atoms with Gasteiger partial charge in [-0.15, -0.1) is 0 Å². The van der Waals surface area contributed by atoms with Crippen molar-refractivity contribution in [2.45, 2.75) is 27.2 Å². The van der Waals surface area contributed by atoms with E-state index in [1.165, 1.54) is 6.07 Å². The molecule has 0 saturated heterocycles. The molecule has 1 amide bonds. The Bertz CT molecular complexity index is 483. The average Bonchev–Trinajstić information content (AvgIpc) is 2.35. The molecule has 0 aliphatic rings. The largest absolute Gasteiger partial charge is 0.483 e. The lowest BCUT2D eigenvalue weighted by Crippen LogP contribution is -2.30. The summed E-state index contributed by atoms with van der Waals surface area (Å²) >= 11 is 0. The molecule has 0 radical (unpaired) electrons. The quantitative estimate of drug-likeness (QED) is 0.802. The minimum Gasteiger partial charge on any atom is -0.483 e. The molecule has 0 spiro atoms. The molecule has 0 atom stereocenters. The summed E-state index contributed by atoms with van der Waals surface area (Å²) in [6.07, 6.45) is 0.899. The number of aryl methyl sites for hydroxylation is 1. The third-order valence-electron chi connectivity index (χ3n) is 2.77. The van der Waals surface area contributed by atoms with Gasteiger partial charge in [0.1, 0.15) is 11.3 Å². The van der Waals surface area contributed by atoms with Crippen LogP contribution < -0.4 is 10.1 Å². The van der Waals surface area contributed by atoms with Gasteiger partial charge in [-0.3, -0.25) is 4.79 Å². The number of rotatable bonds is 7. The number of benzene rings is 1. The highest BCUT2D eigenvalue weighted by Gasteiger charge is 2.12. The maximum absolute atomic E-state index is 11.6. The van der Waals surface area contributed by atoms with Gasteiger partial charge in [0.2, 0.25) is 0 Å². The van der Waals surface area contributed by atoms with Crippen molar-refractivity contribution in [2.24, 2.45) is 5.92 Å². The fraction of sp³-hybridized carbons (Fsp3) is 0.467. The summed E-state index contributed by atoms with van der Waals surface area (Å²) < 4.78 is 5.31. The van der Waals surface area contributed by atoms with E-state index in [2.05, 4.69) is 19.2 Å². The van der Waals surface area contributed by atoms with Gasteiger partial charge in [0.05, 0.1) is 0 Å². The number of amides is 1. The van der Waals surface area contributed by atoms with Gasteiger partial charge < -0.3 is 15.2 Å². The Morgan fingerprint density at radius 3 is 2.65 bits per heavy atom. The zero-order valence-electron chi connectivity index (χ0n) is 12.1. The van der Waals surface area contributed by atoms with E-state index in [0.29, 0.717) is 12.5 Å². The van der Waals surface area contributed by atoms with Crippen LogP contribution in [0.4, 0.5) is 0 Å². The van der Waals surface area contributed by atoms with E-state index in [1.807, 2.05) is 6.92 Å². The second-order valence-electron chi connectivity index (χ2n) is 5.13. The summed E-state index contributed by atoms with van der Waals surface area (Å²) in [4.78, 5) is 22.6. The van der Waals surface area contributed by atoms with E-state index < -0.39 is 5.97 Å². The molecule has 0 heterocycles. The fourth-order valence-electron chi connectivity index (χ4n) is 1.62. The molecule has 110 valence electrons. The van der Waals surface area contributed by atoms with Crippen LogP contribution in [0.5, 0.6) is 5.75 Å². The molecule has 0 aromatic heterocycles. The van der Waals surface area contributed by atoms with Gasteiger partial charge in [-0.25, -0.2) is 4.79 Å². The molecule has 0 aliphatic heterocycles. The highest BCUT2D eigenvalue weighted by Crippen LogP contribution is 2.20. The summed E-state index contributed by atoms with van der Waals surface area (Å²) in [5, 5.41) is 11.8. The minimum absolute atomic E-state index is 0.0607. The first kappa shape index (κ1) is 16.0. The highest BCUT2D eigenvalue weighted by molar-refractivity contribution is 5.91. The lowest BCUT2D eigenvalue weighted by atomic mass is 10.1. The van der Waals surface area contributed by atoms with E-state index >= 15 is 0 Å². The SMILES string of the molecule is Cc1ccc(C(=O)O)c(OCC(=O)NCCC(C)C)c1. The first-order chi connectivity index (χ1) is 9.40. The topological polar surface area (TPSA) is 75.6 Å². The van der Waals surface area contributed by atoms with Crippen molar-refractivity contribution in [3.05, 3.63) is 29.3 Å². The monoisotopic (exact) mass is 279 g/mol. The number of carboxylic acids is 1. The van der Waals surface area contributed by atoms with Crippen LogP contribution >= 0.6 is 0 Å². The highest BCUT2D eigenvalue weighted by atomic mass is 16.5. The van der Waals surface area contributed by atoms with Crippen LogP contribution in [0, 0.1) is 12.8 Å². The Morgan fingerprint density at radius 1 is 1.35 bits per heavy atom. The second kappa shape index (κ2) is 7.53. The fourth-order valence-corrected chi connectivity index (χ4v) is 1.62. The van der Waals surface area contributed by atoms with Crippen molar-refractivity contribution in [3.8, 4) is 5.75 Å². The number of aromatic carboxylic acids is 1. The molecule has 20 heavy (non-hydrogen) atoms. The van der Waals surface area contributed by atoms with Crippen LogP contribution in [0.15, 0.2) is 18.2 Å². The number of hydrogen-bond acceptors (Lipinski definition) is 3. The molecule has 1 aromatic rings. The van der Waals surface area contributed by atoms with Crippen molar-refractivity contribution in [2.75, 3.05) is 13.2 Å². The summed E-state index contributed by atoms with van der Waals surface area (Å²) in [6.45, 7) is 6.41. The Balaban J connectivity index is 2.54. The number of carbonyl (C=O) groups excluding carboxylic acids is 1. The number of hydrogen-bond donors (Lipinski definition) is 2. The van der Waals surface area contributed by atoms with Gasteiger partial charge in [-0.2, -0.15) is 0 Å². The van der Waals surface area contributed by atoms with E-state index in [1.54, 1.807) is 12.1 Å². The minimum atomic E-state index is -1.07. The van der Waals surface area contributed by atoms with Gasteiger partial charge in [-0.1, -0.05) is 19.9 Å². The Morgan fingerprint density at radius 2 is 2.05 bits per heavy atom.